The van der Waals surface area contributed by atoms with E-state index in [9.17, 15) is 9.59 Å². The maximum absolute atomic E-state index is 11.3. The number of urea groups is 1. The molecule has 1 aromatic carbocycles. The van der Waals surface area contributed by atoms with E-state index in [0.717, 1.165) is 11.3 Å². The first-order chi connectivity index (χ1) is 8.19. The first-order valence-electron chi connectivity index (χ1n) is 5.44. The number of rotatable bonds is 4. The zero-order valence-electron chi connectivity index (χ0n) is 9.55. The molecule has 1 saturated heterocycles. The molecule has 89 valence electrons. The number of amides is 3. The largest absolute Gasteiger partial charge is 0.494 e. The van der Waals surface area contributed by atoms with E-state index in [1.165, 1.54) is 4.90 Å². The van der Waals surface area contributed by atoms with Gasteiger partial charge in [0, 0.05) is 6.54 Å². The lowest BCUT2D eigenvalue weighted by Crippen LogP contribution is -2.25. The maximum atomic E-state index is 11.3. The highest BCUT2D eigenvalue weighted by Gasteiger charge is 2.28. The topological polar surface area (TPSA) is 60.7 Å². The standard InChI is InChI=1S/C12H13N2O3/c1-2-17-10-5-3-4-9(6-10)7-14-8-11(15)13-12(14)16/h3-6H,2,7-8H2,1H3. The Balaban J connectivity index is 2.05. The second-order valence-electron chi connectivity index (χ2n) is 3.72. The monoisotopic (exact) mass is 233 g/mol. The molecule has 1 heterocycles. The van der Waals surface area contributed by atoms with Crippen molar-refractivity contribution in [1.29, 1.82) is 0 Å². The Bertz CT molecular complexity index is 445. The molecule has 5 heteroatoms. The van der Waals surface area contributed by atoms with Crippen molar-refractivity contribution >= 4 is 11.9 Å². The zero-order chi connectivity index (χ0) is 12.3. The number of imide groups is 1. The average Bonchev–Trinajstić information content (AvgIpc) is 2.58. The second kappa shape index (κ2) is 4.86. The van der Waals surface area contributed by atoms with Crippen LogP contribution in [0.25, 0.3) is 0 Å². The number of hydrogen-bond donors (Lipinski definition) is 0. The van der Waals surface area contributed by atoms with E-state index in [0.29, 0.717) is 13.2 Å². The van der Waals surface area contributed by atoms with E-state index >= 15 is 0 Å². The Morgan fingerprint density at radius 2 is 2.24 bits per heavy atom. The molecule has 5 nitrogen and oxygen atoms in total. The van der Waals surface area contributed by atoms with Gasteiger partial charge in [0.2, 0.25) is 0 Å². The molecule has 1 aliphatic rings. The molecule has 1 aliphatic heterocycles. The molecule has 1 fully saturated rings. The molecule has 0 bridgehead atoms. The molecular formula is C12H13N2O3. The van der Waals surface area contributed by atoms with Crippen molar-refractivity contribution in [3.8, 4) is 5.75 Å². The van der Waals surface area contributed by atoms with E-state index in [2.05, 4.69) is 5.32 Å². The van der Waals surface area contributed by atoms with Crippen LogP contribution in [0.4, 0.5) is 4.79 Å². The van der Waals surface area contributed by atoms with E-state index in [1.807, 2.05) is 31.2 Å². The van der Waals surface area contributed by atoms with Crippen LogP contribution in [0.1, 0.15) is 12.5 Å². The number of ether oxygens (including phenoxy) is 1. The van der Waals surface area contributed by atoms with Crippen molar-refractivity contribution < 1.29 is 14.3 Å². The fourth-order valence-corrected chi connectivity index (χ4v) is 1.69. The van der Waals surface area contributed by atoms with Gasteiger partial charge in [0.15, 0.2) is 0 Å². The van der Waals surface area contributed by atoms with Gasteiger partial charge < -0.3 is 9.64 Å². The third-order valence-corrected chi connectivity index (χ3v) is 2.40. The average molecular weight is 233 g/mol. The minimum absolute atomic E-state index is 0.0672. The lowest BCUT2D eigenvalue weighted by molar-refractivity contribution is -0.118. The number of benzene rings is 1. The van der Waals surface area contributed by atoms with Gasteiger partial charge in [-0.2, -0.15) is 5.32 Å². The van der Waals surface area contributed by atoms with Gasteiger partial charge in [-0.05, 0) is 24.6 Å². The van der Waals surface area contributed by atoms with E-state index in [1.54, 1.807) is 0 Å². The van der Waals surface area contributed by atoms with Crippen molar-refractivity contribution in [3.05, 3.63) is 29.8 Å². The Hall–Kier alpha value is -2.04. The summed E-state index contributed by atoms with van der Waals surface area (Å²) in [5.41, 5.74) is 0.925. The Morgan fingerprint density at radius 1 is 1.41 bits per heavy atom. The van der Waals surface area contributed by atoms with Gasteiger partial charge in [-0.3, -0.25) is 4.79 Å². The first kappa shape index (κ1) is 11.4. The fraction of sp³-hybridized carbons (Fsp3) is 0.333. The van der Waals surface area contributed by atoms with E-state index in [-0.39, 0.29) is 12.5 Å². The van der Waals surface area contributed by atoms with Crippen molar-refractivity contribution in [1.82, 2.24) is 10.2 Å². The predicted octanol–water partition coefficient (Wildman–Crippen LogP) is 1.15. The summed E-state index contributed by atoms with van der Waals surface area (Å²) in [6.45, 7) is 2.96. The quantitative estimate of drug-likeness (QED) is 0.733. The van der Waals surface area contributed by atoms with Gasteiger partial charge >= 0.3 is 6.03 Å². The van der Waals surface area contributed by atoms with Crippen LogP contribution in [0, 0.1) is 0 Å². The molecule has 1 aromatic rings. The van der Waals surface area contributed by atoms with Crippen molar-refractivity contribution in [2.75, 3.05) is 13.2 Å². The highest BCUT2D eigenvalue weighted by atomic mass is 16.5. The van der Waals surface area contributed by atoms with Crippen LogP contribution in [-0.4, -0.2) is 30.0 Å². The fourth-order valence-electron chi connectivity index (χ4n) is 1.69. The predicted molar refractivity (Wildman–Crippen MR) is 60.6 cm³/mol. The highest BCUT2D eigenvalue weighted by Crippen LogP contribution is 2.16. The van der Waals surface area contributed by atoms with Crippen molar-refractivity contribution in [2.45, 2.75) is 13.5 Å². The van der Waals surface area contributed by atoms with Crippen LogP contribution in [0.5, 0.6) is 5.75 Å². The zero-order valence-corrected chi connectivity index (χ0v) is 9.55. The summed E-state index contributed by atoms with van der Waals surface area (Å²) in [5.74, 6) is 0.385. The molecule has 0 aromatic heterocycles. The lowest BCUT2D eigenvalue weighted by Gasteiger charge is -2.13. The normalized spacial score (nSPS) is 15.0. The Morgan fingerprint density at radius 3 is 2.88 bits per heavy atom. The third kappa shape index (κ3) is 2.75. The Labute approximate surface area is 99.4 Å². The highest BCUT2D eigenvalue weighted by molar-refractivity contribution is 6.01. The van der Waals surface area contributed by atoms with Gasteiger partial charge in [-0.15, -0.1) is 0 Å². The summed E-state index contributed by atoms with van der Waals surface area (Å²) in [6, 6.07) is 7.00. The number of hydrogen-bond acceptors (Lipinski definition) is 3. The first-order valence-corrected chi connectivity index (χ1v) is 5.44. The summed E-state index contributed by atoms with van der Waals surface area (Å²) in [7, 11) is 0. The molecule has 0 saturated carbocycles. The molecule has 2 rings (SSSR count). The third-order valence-electron chi connectivity index (χ3n) is 2.40. The van der Waals surface area contributed by atoms with Crippen LogP contribution in [0.3, 0.4) is 0 Å². The van der Waals surface area contributed by atoms with Gasteiger partial charge in [0.05, 0.1) is 6.61 Å². The number of nitrogens with zero attached hydrogens (tertiary/aromatic N) is 2. The molecule has 0 N–H and O–H groups in total. The minimum atomic E-state index is -0.461. The summed E-state index contributed by atoms with van der Waals surface area (Å²) in [4.78, 5) is 23.7. The van der Waals surface area contributed by atoms with Crippen molar-refractivity contribution in [3.63, 3.8) is 0 Å². The molecule has 17 heavy (non-hydrogen) atoms. The van der Waals surface area contributed by atoms with Crippen LogP contribution < -0.4 is 10.1 Å². The summed E-state index contributed by atoms with van der Waals surface area (Å²) < 4.78 is 5.37. The van der Waals surface area contributed by atoms with Gasteiger partial charge in [-0.25, -0.2) is 4.79 Å². The van der Waals surface area contributed by atoms with Crippen LogP contribution in [0.15, 0.2) is 24.3 Å². The minimum Gasteiger partial charge on any atom is -0.494 e. The number of carbonyl (C=O) groups is 2. The Kier molecular flexibility index (Phi) is 3.27. The SMILES string of the molecule is CCOc1cccc(CN2CC(=O)[N]C2=O)c1. The van der Waals surface area contributed by atoms with Gasteiger partial charge in [0.1, 0.15) is 12.3 Å². The van der Waals surface area contributed by atoms with E-state index in [4.69, 9.17) is 4.74 Å². The molecule has 0 aliphatic carbocycles. The molecule has 0 unspecified atom stereocenters. The van der Waals surface area contributed by atoms with Crippen LogP contribution >= 0.6 is 0 Å². The smallest absolute Gasteiger partial charge is 0.347 e. The van der Waals surface area contributed by atoms with Gasteiger partial charge in [0.25, 0.3) is 5.91 Å². The van der Waals surface area contributed by atoms with Crippen LogP contribution in [-0.2, 0) is 11.3 Å². The van der Waals surface area contributed by atoms with E-state index < -0.39 is 6.03 Å². The lowest BCUT2D eigenvalue weighted by atomic mass is 10.2. The second-order valence-corrected chi connectivity index (χ2v) is 3.72. The molecular weight excluding hydrogens is 220 g/mol. The van der Waals surface area contributed by atoms with Gasteiger partial charge in [-0.1, -0.05) is 12.1 Å². The molecule has 0 spiro atoms. The molecule has 3 amide bonds. The van der Waals surface area contributed by atoms with Crippen LogP contribution in [0.2, 0.25) is 0 Å². The molecule has 1 radical (unpaired) electrons. The van der Waals surface area contributed by atoms with Crippen molar-refractivity contribution in [2.24, 2.45) is 0 Å². The number of carbonyl (C=O) groups excluding carboxylic acids is 2. The molecule has 0 atom stereocenters. The summed E-state index contributed by atoms with van der Waals surface area (Å²) in [5, 5.41) is 3.34. The summed E-state index contributed by atoms with van der Waals surface area (Å²) in [6.07, 6.45) is 0. The summed E-state index contributed by atoms with van der Waals surface area (Å²) >= 11 is 0. The maximum Gasteiger partial charge on any atom is 0.347 e.